The van der Waals surface area contributed by atoms with Gasteiger partial charge in [0.05, 0.1) is 0 Å². The second-order valence-electron chi connectivity index (χ2n) is 3.20. The van der Waals surface area contributed by atoms with Gasteiger partial charge in [-0.25, -0.2) is 4.79 Å². The molecule has 0 bridgehead atoms. The minimum absolute atomic E-state index is 0.215. The van der Waals surface area contributed by atoms with Gasteiger partial charge in [0.2, 0.25) is 0 Å². The molecule has 0 unspecified atom stereocenters. The Kier molecular flexibility index (Phi) is 4.27. The zero-order valence-corrected chi connectivity index (χ0v) is 10.1. The lowest BCUT2D eigenvalue weighted by atomic mass is 10.3. The van der Waals surface area contributed by atoms with E-state index in [1.54, 1.807) is 7.05 Å². The molecule has 0 aliphatic rings. The number of carboxylic acid groups (broad SMARTS) is 1. The standard InChI is InChI=1S/C9H11N3O4S/c1-5(8(15)16)3-4-17-9-10-6(13)7(14)11-12(9)2/h3H,4H2,1-2H3,(H,11,14)(H,15,16). The van der Waals surface area contributed by atoms with E-state index < -0.39 is 17.1 Å². The molecule has 17 heavy (non-hydrogen) atoms. The Bertz CT molecular complexity index is 572. The summed E-state index contributed by atoms with van der Waals surface area (Å²) in [5.74, 6) is -0.640. The largest absolute Gasteiger partial charge is 0.478 e. The summed E-state index contributed by atoms with van der Waals surface area (Å²) in [6.07, 6.45) is 1.50. The molecule has 0 saturated heterocycles. The highest BCUT2D eigenvalue weighted by molar-refractivity contribution is 7.99. The van der Waals surface area contributed by atoms with Crippen molar-refractivity contribution in [3.05, 3.63) is 32.4 Å². The fourth-order valence-corrected chi connectivity index (χ4v) is 1.79. The van der Waals surface area contributed by atoms with Crippen LogP contribution in [0.2, 0.25) is 0 Å². The number of carbonyl (C=O) groups is 1. The number of carboxylic acids is 1. The zero-order chi connectivity index (χ0) is 13.0. The fraction of sp³-hybridized carbons (Fsp3) is 0.333. The van der Waals surface area contributed by atoms with E-state index in [1.807, 2.05) is 0 Å². The van der Waals surface area contributed by atoms with Gasteiger partial charge in [0.15, 0.2) is 5.16 Å². The molecule has 2 N–H and O–H groups in total. The van der Waals surface area contributed by atoms with E-state index in [9.17, 15) is 14.4 Å². The summed E-state index contributed by atoms with van der Waals surface area (Å²) in [7, 11) is 1.55. The van der Waals surface area contributed by atoms with Gasteiger partial charge in [-0.05, 0) is 6.92 Å². The normalized spacial score (nSPS) is 11.5. The van der Waals surface area contributed by atoms with Crippen LogP contribution in [-0.2, 0) is 11.8 Å². The molecular weight excluding hydrogens is 246 g/mol. The predicted molar refractivity (Wildman–Crippen MR) is 62.2 cm³/mol. The molecule has 0 fully saturated rings. The van der Waals surface area contributed by atoms with E-state index in [0.29, 0.717) is 10.9 Å². The Hall–Kier alpha value is -1.83. The van der Waals surface area contributed by atoms with Crippen LogP contribution in [0, 0.1) is 0 Å². The lowest BCUT2D eigenvalue weighted by Gasteiger charge is -2.03. The number of aryl methyl sites for hydroxylation is 1. The second-order valence-corrected chi connectivity index (χ2v) is 4.19. The molecule has 92 valence electrons. The molecule has 0 aliphatic heterocycles. The first-order valence-electron chi connectivity index (χ1n) is 4.62. The smallest absolute Gasteiger partial charge is 0.339 e. The molecule has 0 aliphatic carbocycles. The molecule has 0 aromatic carbocycles. The lowest BCUT2D eigenvalue weighted by Crippen LogP contribution is -2.33. The van der Waals surface area contributed by atoms with Gasteiger partial charge in [-0.3, -0.25) is 19.4 Å². The average molecular weight is 257 g/mol. The molecule has 0 radical (unpaired) electrons. The van der Waals surface area contributed by atoms with E-state index >= 15 is 0 Å². The molecule has 1 aromatic rings. The summed E-state index contributed by atoms with van der Waals surface area (Å²) in [5, 5.41) is 11.2. The Balaban J connectivity index is 2.81. The number of aliphatic carboxylic acids is 1. The summed E-state index contributed by atoms with van der Waals surface area (Å²) in [6.45, 7) is 1.47. The summed E-state index contributed by atoms with van der Waals surface area (Å²) in [6, 6.07) is 0. The first kappa shape index (κ1) is 13.2. The average Bonchev–Trinajstić information content (AvgIpc) is 2.25. The van der Waals surface area contributed by atoms with Crippen LogP contribution in [0.5, 0.6) is 0 Å². The molecular formula is C9H11N3O4S. The van der Waals surface area contributed by atoms with Gasteiger partial charge < -0.3 is 5.11 Å². The Morgan fingerprint density at radius 2 is 2.24 bits per heavy atom. The second kappa shape index (κ2) is 5.48. The highest BCUT2D eigenvalue weighted by Crippen LogP contribution is 2.12. The van der Waals surface area contributed by atoms with E-state index in [4.69, 9.17) is 5.11 Å². The summed E-state index contributed by atoms with van der Waals surface area (Å²) >= 11 is 1.16. The number of hydrogen-bond acceptors (Lipinski definition) is 5. The summed E-state index contributed by atoms with van der Waals surface area (Å²) in [4.78, 5) is 36.0. The number of nitrogens with zero attached hydrogens (tertiary/aromatic N) is 2. The number of aromatic nitrogens is 3. The van der Waals surface area contributed by atoms with E-state index in [1.165, 1.54) is 17.7 Å². The zero-order valence-electron chi connectivity index (χ0n) is 9.26. The van der Waals surface area contributed by atoms with E-state index in [2.05, 4.69) is 10.1 Å². The van der Waals surface area contributed by atoms with E-state index in [0.717, 1.165) is 11.8 Å². The number of rotatable bonds is 4. The lowest BCUT2D eigenvalue weighted by molar-refractivity contribution is -0.132. The number of H-pyrrole nitrogens is 1. The quantitative estimate of drug-likeness (QED) is 0.431. The molecule has 0 saturated carbocycles. The minimum Gasteiger partial charge on any atom is -0.478 e. The molecule has 7 nitrogen and oxygen atoms in total. The van der Waals surface area contributed by atoms with Gasteiger partial charge >= 0.3 is 17.1 Å². The molecule has 8 heteroatoms. The first-order valence-corrected chi connectivity index (χ1v) is 5.60. The SMILES string of the molecule is CC(=CCSc1nc(=O)c(=O)[nH]n1C)C(=O)O. The van der Waals surface area contributed by atoms with Crippen LogP contribution in [0.15, 0.2) is 26.4 Å². The Morgan fingerprint density at radius 3 is 2.82 bits per heavy atom. The maximum atomic E-state index is 11.0. The maximum Gasteiger partial charge on any atom is 0.339 e. The van der Waals surface area contributed by atoms with Crippen molar-refractivity contribution in [2.24, 2.45) is 7.05 Å². The van der Waals surface area contributed by atoms with Gasteiger partial charge in [-0.1, -0.05) is 17.8 Å². The molecule has 0 amide bonds. The number of aromatic amines is 1. The molecule has 0 atom stereocenters. The van der Waals surface area contributed by atoms with Gasteiger partial charge in [0, 0.05) is 18.4 Å². The van der Waals surface area contributed by atoms with Crippen LogP contribution in [0.3, 0.4) is 0 Å². The van der Waals surface area contributed by atoms with Crippen molar-refractivity contribution >= 4 is 17.7 Å². The van der Waals surface area contributed by atoms with Crippen LogP contribution >= 0.6 is 11.8 Å². The maximum absolute atomic E-state index is 11.0. The third-order valence-electron chi connectivity index (χ3n) is 1.89. The topological polar surface area (TPSA) is 105 Å². The molecule has 1 heterocycles. The number of hydrogen-bond donors (Lipinski definition) is 2. The van der Waals surface area contributed by atoms with Gasteiger partial charge in [0.25, 0.3) is 0 Å². The molecule has 0 spiro atoms. The number of thioether (sulfide) groups is 1. The summed E-state index contributed by atoms with van der Waals surface area (Å²) < 4.78 is 1.32. The van der Waals surface area contributed by atoms with Crippen molar-refractivity contribution in [1.29, 1.82) is 0 Å². The monoisotopic (exact) mass is 257 g/mol. The van der Waals surface area contributed by atoms with Crippen molar-refractivity contribution in [3.8, 4) is 0 Å². The third-order valence-corrected chi connectivity index (χ3v) is 2.84. The summed E-state index contributed by atoms with van der Waals surface area (Å²) in [5.41, 5.74) is -1.43. The van der Waals surface area contributed by atoms with Gasteiger partial charge in [-0.15, -0.1) is 0 Å². The Morgan fingerprint density at radius 1 is 1.59 bits per heavy atom. The van der Waals surface area contributed by atoms with E-state index in [-0.39, 0.29) is 5.57 Å². The predicted octanol–water partition coefficient (Wildman–Crippen LogP) is -0.408. The van der Waals surface area contributed by atoms with Crippen molar-refractivity contribution in [1.82, 2.24) is 14.8 Å². The highest BCUT2D eigenvalue weighted by atomic mass is 32.2. The minimum atomic E-state index is -0.992. The van der Waals surface area contributed by atoms with Crippen molar-refractivity contribution in [2.75, 3.05) is 5.75 Å². The van der Waals surface area contributed by atoms with Crippen LogP contribution < -0.4 is 11.1 Å². The first-order chi connectivity index (χ1) is 7.91. The number of nitrogens with one attached hydrogen (secondary N) is 1. The van der Waals surface area contributed by atoms with Gasteiger partial charge in [-0.2, -0.15) is 4.98 Å². The van der Waals surface area contributed by atoms with Crippen molar-refractivity contribution < 1.29 is 9.90 Å². The van der Waals surface area contributed by atoms with Gasteiger partial charge in [0.1, 0.15) is 0 Å². The third kappa shape index (κ3) is 3.59. The van der Waals surface area contributed by atoms with Crippen LogP contribution in [0.1, 0.15) is 6.92 Å². The van der Waals surface area contributed by atoms with Crippen LogP contribution in [0.4, 0.5) is 0 Å². The molecule has 1 rings (SSSR count). The highest BCUT2D eigenvalue weighted by Gasteiger charge is 2.04. The van der Waals surface area contributed by atoms with Crippen LogP contribution in [0.25, 0.3) is 0 Å². The Labute approximate surface area is 100 Å². The fourth-order valence-electron chi connectivity index (χ4n) is 0.918. The van der Waals surface area contributed by atoms with Crippen LogP contribution in [-0.4, -0.2) is 31.6 Å². The molecule has 1 aromatic heterocycles. The van der Waals surface area contributed by atoms with Crippen molar-refractivity contribution in [3.63, 3.8) is 0 Å². The van der Waals surface area contributed by atoms with Crippen molar-refractivity contribution in [2.45, 2.75) is 12.1 Å².